The van der Waals surface area contributed by atoms with E-state index in [4.69, 9.17) is 4.74 Å². The highest BCUT2D eigenvalue weighted by molar-refractivity contribution is 5.96. The Bertz CT molecular complexity index is 743. The fourth-order valence-electron chi connectivity index (χ4n) is 4.68. The maximum absolute atomic E-state index is 13.1. The Kier molecular flexibility index (Phi) is 8.90. The van der Waals surface area contributed by atoms with Gasteiger partial charge in [-0.25, -0.2) is 4.79 Å². The Morgan fingerprint density at radius 2 is 1.74 bits per heavy atom. The highest BCUT2D eigenvalue weighted by Crippen LogP contribution is 2.28. The Hall–Kier alpha value is -1.92. The largest absolute Gasteiger partial charge is 0.478 e. The van der Waals surface area contributed by atoms with Crippen molar-refractivity contribution in [2.45, 2.75) is 65.3 Å². The van der Waals surface area contributed by atoms with Gasteiger partial charge in [0.15, 0.2) is 0 Å². The van der Waals surface area contributed by atoms with Gasteiger partial charge in [-0.1, -0.05) is 33.1 Å². The van der Waals surface area contributed by atoms with E-state index in [-0.39, 0.29) is 17.4 Å². The van der Waals surface area contributed by atoms with Gasteiger partial charge < -0.3 is 14.7 Å². The van der Waals surface area contributed by atoms with Crippen molar-refractivity contribution in [2.75, 3.05) is 37.7 Å². The summed E-state index contributed by atoms with van der Waals surface area (Å²) in [5.41, 5.74) is 2.11. The minimum absolute atomic E-state index is 0.0988. The summed E-state index contributed by atoms with van der Waals surface area (Å²) in [4.78, 5) is 29.1. The first-order valence-electron chi connectivity index (χ1n) is 11.9. The van der Waals surface area contributed by atoms with Gasteiger partial charge in [-0.3, -0.25) is 9.69 Å². The van der Waals surface area contributed by atoms with Crippen LogP contribution in [0.3, 0.4) is 0 Å². The fourth-order valence-corrected chi connectivity index (χ4v) is 4.68. The summed E-state index contributed by atoms with van der Waals surface area (Å²) in [6, 6.07) is 5.26. The molecule has 2 aliphatic rings. The molecule has 172 valence electrons. The number of aromatic carboxylic acids is 1. The molecule has 1 fully saturated rings. The summed E-state index contributed by atoms with van der Waals surface area (Å²) in [6.07, 6.45) is 7.80. The zero-order valence-corrected chi connectivity index (χ0v) is 19.1. The number of amides is 1. The smallest absolute Gasteiger partial charge is 0.335 e. The Morgan fingerprint density at radius 3 is 2.42 bits per heavy atom. The van der Waals surface area contributed by atoms with Crippen molar-refractivity contribution in [3.8, 4) is 0 Å². The lowest BCUT2D eigenvalue weighted by Gasteiger charge is -2.33. The molecule has 0 aromatic heterocycles. The van der Waals surface area contributed by atoms with Crippen molar-refractivity contribution >= 4 is 17.6 Å². The third-order valence-corrected chi connectivity index (χ3v) is 6.48. The molecule has 31 heavy (non-hydrogen) atoms. The minimum atomic E-state index is -0.924. The van der Waals surface area contributed by atoms with E-state index in [0.29, 0.717) is 19.0 Å². The van der Waals surface area contributed by atoms with Crippen LogP contribution in [0.2, 0.25) is 0 Å². The van der Waals surface area contributed by atoms with Gasteiger partial charge >= 0.3 is 5.97 Å². The van der Waals surface area contributed by atoms with E-state index in [1.807, 2.05) is 24.8 Å². The first-order chi connectivity index (χ1) is 15.0. The lowest BCUT2D eigenvalue weighted by molar-refractivity contribution is -0.121. The number of hydrogen-bond donors (Lipinski definition) is 1. The molecule has 0 aliphatic carbocycles. The molecule has 0 spiro atoms. The quantitative estimate of drug-likeness (QED) is 0.758. The normalized spacial score (nSPS) is 20.0. The number of anilines is 1. The van der Waals surface area contributed by atoms with Gasteiger partial charge in [-0.05, 0) is 61.9 Å². The van der Waals surface area contributed by atoms with Gasteiger partial charge in [0.25, 0.3) is 0 Å². The Morgan fingerprint density at radius 1 is 1.06 bits per heavy atom. The van der Waals surface area contributed by atoms with Gasteiger partial charge in [-0.15, -0.1) is 0 Å². The highest BCUT2D eigenvalue weighted by atomic mass is 16.5. The van der Waals surface area contributed by atoms with Crippen LogP contribution in [0.1, 0.15) is 74.7 Å². The zero-order chi connectivity index (χ0) is 22.2. The minimum Gasteiger partial charge on any atom is -0.478 e. The molecule has 0 unspecified atom stereocenters. The second-order valence-corrected chi connectivity index (χ2v) is 9.35. The molecule has 0 bridgehead atoms. The van der Waals surface area contributed by atoms with E-state index in [2.05, 4.69) is 4.90 Å². The number of ether oxygens (including phenoxy) is 1. The maximum Gasteiger partial charge on any atom is 0.335 e. The molecular weight excluding hydrogens is 392 g/mol. The molecule has 2 heterocycles. The summed E-state index contributed by atoms with van der Waals surface area (Å²) < 4.78 is 5.53. The molecule has 3 rings (SSSR count). The summed E-state index contributed by atoms with van der Waals surface area (Å²) in [6.45, 7) is 8.89. The zero-order valence-electron chi connectivity index (χ0n) is 19.1. The third kappa shape index (κ3) is 6.78. The number of rotatable bonds is 4. The van der Waals surface area contributed by atoms with E-state index >= 15 is 0 Å². The van der Waals surface area contributed by atoms with Crippen LogP contribution in [0.25, 0.3) is 0 Å². The van der Waals surface area contributed by atoms with E-state index in [0.717, 1.165) is 69.7 Å². The third-order valence-electron chi connectivity index (χ3n) is 6.48. The Labute approximate surface area is 186 Å². The number of carboxylic acid groups (broad SMARTS) is 1. The molecule has 2 aliphatic heterocycles. The van der Waals surface area contributed by atoms with Gasteiger partial charge in [0.2, 0.25) is 5.91 Å². The molecule has 1 saturated heterocycles. The van der Waals surface area contributed by atoms with E-state index in [9.17, 15) is 14.7 Å². The molecule has 6 nitrogen and oxygen atoms in total. The first-order valence-corrected chi connectivity index (χ1v) is 11.9. The van der Waals surface area contributed by atoms with Crippen molar-refractivity contribution in [3.63, 3.8) is 0 Å². The monoisotopic (exact) mass is 430 g/mol. The molecule has 1 amide bonds. The maximum atomic E-state index is 13.1. The number of hydrogen-bond acceptors (Lipinski definition) is 4. The summed E-state index contributed by atoms with van der Waals surface area (Å²) in [7, 11) is 0. The highest BCUT2D eigenvalue weighted by Gasteiger charge is 2.24. The average molecular weight is 431 g/mol. The number of carboxylic acids is 1. The van der Waals surface area contributed by atoms with Crippen molar-refractivity contribution < 1.29 is 19.4 Å². The van der Waals surface area contributed by atoms with Crippen LogP contribution >= 0.6 is 0 Å². The molecule has 0 saturated carbocycles. The van der Waals surface area contributed by atoms with Crippen LogP contribution in [0.4, 0.5) is 5.69 Å². The average Bonchev–Trinajstić information content (AvgIpc) is 2.75. The molecule has 1 aromatic rings. The van der Waals surface area contributed by atoms with Crippen LogP contribution in [-0.4, -0.2) is 54.7 Å². The van der Waals surface area contributed by atoms with Crippen LogP contribution in [0.5, 0.6) is 0 Å². The molecule has 1 aromatic carbocycles. The van der Waals surface area contributed by atoms with Crippen molar-refractivity contribution in [1.29, 1.82) is 0 Å². The van der Waals surface area contributed by atoms with Gasteiger partial charge in [-0.2, -0.15) is 0 Å². The van der Waals surface area contributed by atoms with Gasteiger partial charge in [0.1, 0.15) is 0 Å². The summed E-state index contributed by atoms with van der Waals surface area (Å²) in [5, 5.41) is 9.58. The lowest BCUT2D eigenvalue weighted by Crippen LogP contribution is -2.37. The lowest BCUT2D eigenvalue weighted by atomic mass is 9.98. The summed E-state index contributed by atoms with van der Waals surface area (Å²) in [5.74, 6) is -0.302. The number of carbonyl (C=O) groups is 2. The van der Waals surface area contributed by atoms with Gasteiger partial charge in [0, 0.05) is 44.5 Å². The predicted molar refractivity (Wildman–Crippen MR) is 122 cm³/mol. The molecule has 6 heteroatoms. The van der Waals surface area contributed by atoms with Gasteiger partial charge in [0.05, 0.1) is 5.56 Å². The Balaban J connectivity index is 1.94. The van der Waals surface area contributed by atoms with E-state index in [1.54, 1.807) is 12.1 Å². The fraction of sp³-hybridized carbons (Fsp3) is 0.680. The number of benzene rings is 1. The standard InChI is InChI=1S/C25H38N2O4/c1-19(2)24(28)27-13-7-5-3-4-6-12-26(17-20-10-14-31-15-11-20)18-22-16-21(25(29)30)8-9-23(22)27/h8-9,16,19-20H,3-7,10-15,17-18H2,1-2H3,(H,29,30). The van der Waals surface area contributed by atoms with Crippen LogP contribution in [0.15, 0.2) is 18.2 Å². The molecular formula is C25H38N2O4. The van der Waals surface area contributed by atoms with Crippen LogP contribution < -0.4 is 4.90 Å². The number of nitrogens with zero attached hydrogens (tertiary/aromatic N) is 2. The van der Waals surface area contributed by atoms with Crippen molar-refractivity contribution in [2.24, 2.45) is 11.8 Å². The van der Waals surface area contributed by atoms with E-state index < -0.39 is 5.97 Å². The van der Waals surface area contributed by atoms with Crippen molar-refractivity contribution in [1.82, 2.24) is 4.90 Å². The predicted octanol–water partition coefficient (Wildman–Crippen LogP) is 4.57. The SMILES string of the molecule is CC(C)C(=O)N1CCCCCCCN(CC2CCOCC2)Cc2cc(C(=O)O)ccc21. The number of fused-ring (bicyclic) bond motifs is 1. The van der Waals surface area contributed by atoms with Crippen LogP contribution in [-0.2, 0) is 16.1 Å². The van der Waals surface area contributed by atoms with Crippen molar-refractivity contribution in [3.05, 3.63) is 29.3 Å². The second kappa shape index (κ2) is 11.6. The topological polar surface area (TPSA) is 70.1 Å². The summed E-state index contributed by atoms with van der Waals surface area (Å²) >= 11 is 0. The van der Waals surface area contributed by atoms with Crippen LogP contribution in [0, 0.1) is 11.8 Å². The second-order valence-electron chi connectivity index (χ2n) is 9.35. The molecule has 1 N–H and O–H groups in total. The molecule has 0 atom stereocenters. The first kappa shape index (κ1) is 23.7. The number of carbonyl (C=O) groups excluding carboxylic acids is 1. The molecule has 0 radical (unpaired) electrons. The van der Waals surface area contributed by atoms with E-state index in [1.165, 1.54) is 12.8 Å².